The van der Waals surface area contributed by atoms with Crippen LogP contribution in [0.5, 0.6) is 5.75 Å². The molecule has 6 heteroatoms. The van der Waals surface area contributed by atoms with Crippen molar-refractivity contribution in [3.8, 4) is 11.8 Å². The zero-order valence-corrected chi connectivity index (χ0v) is 9.85. The van der Waals surface area contributed by atoms with Gasteiger partial charge in [0.1, 0.15) is 6.07 Å². The number of nitriles is 1. The first-order chi connectivity index (χ1) is 8.06. The van der Waals surface area contributed by atoms with Crippen molar-refractivity contribution in [1.82, 2.24) is 4.98 Å². The molecule has 1 aromatic rings. The number of hydrogen-bond donors (Lipinski definition) is 1. The maximum Gasteiger partial charge on any atom is 0.411 e. The standard InChI is InChI=1S/C11H13N3O3/c1-7(2)17-11(15)14-8-4-10(16-3)9(5-12)13-6-8/h4,6-7H,1-3H3,(H,14,15). The molecule has 0 aromatic carbocycles. The largest absolute Gasteiger partial charge is 0.494 e. The van der Waals surface area contributed by atoms with Gasteiger partial charge in [0.05, 0.1) is 25.1 Å². The summed E-state index contributed by atoms with van der Waals surface area (Å²) in [7, 11) is 1.42. The maximum absolute atomic E-state index is 11.3. The molecule has 0 aliphatic carbocycles. The number of carbonyl (C=O) groups is 1. The Balaban J connectivity index is 2.80. The van der Waals surface area contributed by atoms with Gasteiger partial charge in [-0.1, -0.05) is 0 Å². The predicted molar refractivity (Wildman–Crippen MR) is 60.7 cm³/mol. The molecule has 0 fully saturated rings. The lowest BCUT2D eigenvalue weighted by molar-refractivity contribution is 0.130. The highest BCUT2D eigenvalue weighted by Gasteiger charge is 2.09. The van der Waals surface area contributed by atoms with Crippen LogP contribution in [0.4, 0.5) is 10.5 Å². The number of ether oxygens (including phenoxy) is 2. The minimum Gasteiger partial charge on any atom is -0.494 e. The van der Waals surface area contributed by atoms with Gasteiger partial charge >= 0.3 is 6.09 Å². The molecule has 0 unspecified atom stereocenters. The summed E-state index contributed by atoms with van der Waals surface area (Å²) >= 11 is 0. The SMILES string of the molecule is COc1cc(NC(=O)OC(C)C)cnc1C#N. The molecule has 1 heterocycles. The average molecular weight is 235 g/mol. The zero-order valence-electron chi connectivity index (χ0n) is 9.85. The van der Waals surface area contributed by atoms with Crippen molar-refractivity contribution in [3.63, 3.8) is 0 Å². The summed E-state index contributed by atoms with van der Waals surface area (Å²) < 4.78 is 9.86. The fraction of sp³-hybridized carbons (Fsp3) is 0.364. The summed E-state index contributed by atoms with van der Waals surface area (Å²) in [6.07, 6.45) is 0.583. The first-order valence-electron chi connectivity index (χ1n) is 4.98. The summed E-state index contributed by atoms with van der Waals surface area (Å²) in [6.45, 7) is 3.49. The highest BCUT2D eigenvalue weighted by Crippen LogP contribution is 2.19. The smallest absolute Gasteiger partial charge is 0.411 e. The highest BCUT2D eigenvalue weighted by molar-refractivity contribution is 5.84. The van der Waals surface area contributed by atoms with Crippen LogP contribution in [-0.4, -0.2) is 24.3 Å². The van der Waals surface area contributed by atoms with Gasteiger partial charge in [-0.15, -0.1) is 0 Å². The summed E-state index contributed by atoms with van der Waals surface area (Å²) in [5.41, 5.74) is 0.571. The normalized spacial score (nSPS) is 9.59. The molecule has 0 atom stereocenters. The van der Waals surface area contributed by atoms with Crippen LogP contribution in [0.2, 0.25) is 0 Å². The molecule has 1 rings (SSSR count). The predicted octanol–water partition coefficient (Wildman–Crippen LogP) is 1.92. The minimum atomic E-state index is -0.575. The Morgan fingerprint density at radius 2 is 2.29 bits per heavy atom. The molecule has 1 N–H and O–H groups in total. The fourth-order valence-corrected chi connectivity index (χ4v) is 1.11. The van der Waals surface area contributed by atoms with Crippen LogP contribution in [0, 0.1) is 11.3 Å². The van der Waals surface area contributed by atoms with Crippen molar-refractivity contribution >= 4 is 11.8 Å². The van der Waals surface area contributed by atoms with Crippen molar-refractivity contribution in [2.75, 3.05) is 12.4 Å². The molecular formula is C11H13N3O3. The third-order valence-corrected chi connectivity index (χ3v) is 1.77. The van der Waals surface area contributed by atoms with Gasteiger partial charge in [-0.05, 0) is 13.8 Å². The molecule has 0 aliphatic rings. The topological polar surface area (TPSA) is 84.2 Å². The summed E-state index contributed by atoms with van der Waals surface area (Å²) in [4.78, 5) is 15.2. The monoisotopic (exact) mass is 235 g/mol. The van der Waals surface area contributed by atoms with Crippen LogP contribution in [-0.2, 0) is 4.74 Å². The van der Waals surface area contributed by atoms with Crippen LogP contribution >= 0.6 is 0 Å². The molecule has 6 nitrogen and oxygen atoms in total. The minimum absolute atomic E-state index is 0.162. The lowest BCUT2D eigenvalue weighted by atomic mass is 10.3. The van der Waals surface area contributed by atoms with Gasteiger partial charge in [0.25, 0.3) is 0 Å². The lowest BCUT2D eigenvalue weighted by Crippen LogP contribution is -2.18. The average Bonchev–Trinajstić information content (AvgIpc) is 2.27. The number of pyridine rings is 1. The second kappa shape index (κ2) is 5.70. The molecule has 0 bridgehead atoms. The van der Waals surface area contributed by atoms with Crippen LogP contribution in [0.25, 0.3) is 0 Å². The number of carbonyl (C=O) groups excluding carboxylic acids is 1. The van der Waals surface area contributed by atoms with E-state index in [0.717, 1.165) is 0 Å². The van der Waals surface area contributed by atoms with Crippen LogP contribution in [0.3, 0.4) is 0 Å². The highest BCUT2D eigenvalue weighted by atomic mass is 16.6. The third-order valence-electron chi connectivity index (χ3n) is 1.77. The summed E-state index contributed by atoms with van der Waals surface area (Å²) in [5.74, 6) is 0.301. The van der Waals surface area contributed by atoms with Gasteiger partial charge < -0.3 is 9.47 Å². The van der Waals surface area contributed by atoms with Gasteiger partial charge in [-0.3, -0.25) is 5.32 Å². The molecule has 0 saturated carbocycles. The molecule has 0 radical (unpaired) electrons. The van der Waals surface area contributed by atoms with Crippen LogP contribution in [0.15, 0.2) is 12.3 Å². The van der Waals surface area contributed by atoms with Crippen molar-refractivity contribution in [2.45, 2.75) is 20.0 Å². The van der Waals surface area contributed by atoms with E-state index in [-0.39, 0.29) is 11.8 Å². The van der Waals surface area contributed by atoms with Gasteiger partial charge in [-0.25, -0.2) is 9.78 Å². The second-order valence-corrected chi connectivity index (χ2v) is 3.47. The van der Waals surface area contributed by atoms with E-state index in [1.807, 2.05) is 6.07 Å². The Kier molecular flexibility index (Phi) is 4.29. The second-order valence-electron chi connectivity index (χ2n) is 3.47. The fourth-order valence-electron chi connectivity index (χ4n) is 1.11. The number of amides is 1. The molecule has 17 heavy (non-hydrogen) atoms. The van der Waals surface area contributed by atoms with Gasteiger partial charge in [0.2, 0.25) is 0 Å². The van der Waals surface area contributed by atoms with Crippen LogP contribution in [0.1, 0.15) is 19.5 Å². The quantitative estimate of drug-likeness (QED) is 0.865. The molecule has 90 valence electrons. The first kappa shape index (κ1) is 12.8. The number of anilines is 1. The van der Waals surface area contributed by atoms with E-state index >= 15 is 0 Å². The third kappa shape index (κ3) is 3.65. The number of hydrogen-bond acceptors (Lipinski definition) is 5. The van der Waals surface area contributed by atoms with E-state index in [0.29, 0.717) is 11.4 Å². The number of methoxy groups -OCH3 is 1. The van der Waals surface area contributed by atoms with Crippen molar-refractivity contribution in [2.24, 2.45) is 0 Å². The molecule has 1 aromatic heterocycles. The summed E-state index contributed by atoms with van der Waals surface area (Å²) in [5, 5.41) is 11.2. The molecule has 0 aliphatic heterocycles. The molecular weight excluding hydrogens is 222 g/mol. The Morgan fingerprint density at radius 3 is 2.82 bits per heavy atom. The Bertz CT molecular complexity index is 452. The molecule has 0 spiro atoms. The zero-order chi connectivity index (χ0) is 12.8. The van der Waals surface area contributed by atoms with Gasteiger partial charge in [-0.2, -0.15) is 5.26 Å². The van der Waals surface area contributed by atoms with E-state index in [4.69, 9.17) is 14.7 Å². The maximum atomic E-state index is 11.3. The number of rotatable bonds is 3. The van der Waals surface area contributed by atoms with Crippen molar-refractivity contribution < 1.29 is 14.3 Å². The lowest BCUT2D eigenvalue weighted by Gasteiger charge is -2.10. The van der Waals surface area contributed by atoms with Gasteiger partial charge in [0, 0.05) is 6.07 Å². The van der Waals surface area contributed by atoms with E-state index < -0.39 is 6.09 Å². The number of aromatic nitrogens is 1. The molecule has 0 saturated heterocycles. The Labute approximate surface area is 99.2 Å². The first-order valence-corrected chi connectivity index (χ1v) is 4.98. The van der Waals surface area contributed by atoms with E-state index in [2.05, 4.69) is 10.3 Å². The van der Waals surface area contributed by atoms with Crippen molar-refractivity contribution in [3.05, 3.63) is 18.0 Å². The Morgan fingerprint density at radius 1 is 1.59 bits per heavy atom. The van der Waals surface area contributed by atoms with Gasteiger partial charge in [0.15, 0.2) is 11.4 Å². The van der Waals surface area contributed by atoms with E-state index in [9.17, 15) is 4.79 Å². The number of nitrogens with one attached hydrogen (secondary N) is 1. The van der Waals surface area contributed by atoms with Crippen molar-refractivity contribution in [1.29, 1.82) is 5.26 Å². The van der Waals surface area contributed by atoms with Crippen LogP contribution < -0.4 is 10.1 Å². The van der Waals surface area contributed by atoms with E-state index in [1.165, 1.54) is 19.4 Å². The summed E-state index contributed by atoms with van der Waals surface area (Å²) in [6, 6.07) is 3.39. The van der Waals surface area contributed by atoms with E-state index in [1.54, 1.807) is 13.8 Å². The molecule has 1 amide bonds. The Hall–Kier alpha value is -2.29. The number of nitrogens with zero attached hydrogens (tertiary/aromatic N) is 2.